The first-order chi connectivity index (χ1) is 7.17. The lowest BCUT2D eigenvalue weighted by Gasteiger charge is -2.29. The molecule has 6 nitrogen and oxygen atoms in total. The normalized spacial score (nSPS) is 21.7. The van der Waals surface area contributed by atoms with Gasteiger partial charge in [-0.05, 0) is 19.4 Å². The average Bonchev–Trinajstić information content (AvgIpc) is 2.79. The first-order valence-electron chi connectivity index (χ1n) is 5.05. The van der Waals surface area contributed by atoms with Gasteiger partial charge in [-0.1, -0.05) is 0 Å². The van der Waals surface area contributed by atoms with Crippen molar-refractivity contribution in [1.29, 1.82) is 0 Å². The molecule has 1 fully saturated rings. The second-order valence-electron chi connectivity index (χ2n) is 3.89. The highest BCUT2D eigenvalue weighted by atomic mass is 16.3. The van der Waals surface area contributed by atoms with Crippen LogP contribution in [0.2, 0.25) is 0 Å². The van der Waals surface area contributed by atoms with Gasteiger partial charge in [-0.25, -0.2) is 0 Å². The molecule has 0 aromatic rings. The number of hydrogen-bond acceptors (Lipinski definition) is 5. The summed E-state index contributed by atoms with van der Waals surface area (Å²) in [4.78, 5) is 11.6. The molecule has 6 heteroatoms. The number of carbonyl (C=O) groups excluding carboxylic acids is 1. The minimum atomic E-state index is -1.32. The molecule has 15 heavy (non-hydrogen) atoms. The molecule has 0 aromatic heterocycles. The fourth-order valence-corrected chi connectivity index (χ4v) is 1.53. The lowest BCUT2D eigenvalue weighted by atomic mass is 10.0. The second-order valence-corrected chi connectivity index (χ2v) is 3.89. The van der Waals surface area contributed by atoms with E-state index in [-0.39, 0.29) is 11.9 Å². The average molecular weight is 218 g/mol. The number of nitrogens with one attached hydrogen (secondary N) is 2. The number of aliphatic hydroxyl groups is 3. The van der Waals surface area contributed by atoms with E-state index in [1.165, 1.54) is 0 Å². The Kier molecular flexibility index (Phi) is 4.46. The molecule has 1 atom stereocenters. The molecule has 1 amide bonds. The van der Waals surface area contributed by atoms with Crippen LogP contribution >= 0.6 is 0 Å². The largest absolute Gasteiger partial charge is 0.394 e. The summed E-state index contributed by atoms with van der Waals surface area (Å²) in [5.74, 6) is -0.287. The van der Waals surface area contributed by atoms with Crippen LogP contribution < -0.4 is 10.6 Å². The fraction of sp³-hybridized carbons (Fsp3) is 0.889. The van der Waals surface area contributed by atoms with Gasteiger partial charge >= 0.3 is 0 Å². The first kappa shape index (κ1) is 12.4. The predicted molar refractivity (Wildman–Crippen MR) is 53.2 cm³/mol. The summed E-state index contributed by atoms with van der Waals surface area (Å²) in [5, 5.41) is 32.5. The number of rotatable bonds is 5. The van der Waals surface area contributed by atoms with Crippen molar-refractivity contribution in [3.8, 4) is 0 Å². The Morgan fingerprint density at radius 2 is 1.93 bits per heavy atom. The predicted octanol–water partition coefficient (Wildman–Crippen LogP) is -2.43. The quantitative estimate of drug-likeness (QED) is 0.353. The van der Waals surface area contributed by atoms with Crippen molar-refractivity contribution in [3.63, 3.8) is 0 Å². The first-order valence-corrected chi connectivity index (χ1v) is 5.05. The molecule has 1 rings (SSSR count). The van der Waals surface area contributed by atoms with E-state index >= 15 is 0 Å². The number of carbonyl (C=O) groups is 1. The van der Waals surface area contributed by atoms with Gasteiger partial charge in [-0.2, -0.15) is 0 Å². The van der Waals surface area contributed by atoms with E-state index in [9.17, 15) is 4.79 Å². The maximum Gasteiger partial charge on any atom is 0.237 e. The molecule has 1 heterocycles. The molecule has 0 radical (unpaired) electrons. The summed E-state index contributed by atoms with van der Waals surface area (Å²) in [6.07, 6.45) is 1.67. The van der Waals surface area contributed by atoms with E-state index < -0.39 is 25.4 Å². The summed E-state index contributed by atoms with van der Waals surface area (Å²) < 4.78 is 0. The van der Waals surface area contributed by atoms with Crippen molar-refractivity contribution in [1.82, 2.24) is 10.6 Å². The highest BCUT2D eigenvalue weighted by Gasteiger charge is 2.33. The van der Waals surface area contributed by atoms with Crippen LogP contribution in [-0.2, 0) is 4.79 Å². The van der Waals surface area contributed by atoms with Gasteiger partial charge in [0.2, 0.25) is 5.91 Å². The SMILES string of the molecule is O=C(NC(CO)(CO)CO)[C@@H]1CCCN1. The molecule has 1 aliphatic rings. The van der Waals surface area contributed by atoms with Crippen LogP contribution in [0.4, 0.5) is 0 Å². The molecule has 0 spiro atoms. The summed E-state index contributed by atoms with van der Waals surface area (Å²) in [6.45, 7) is -0.669. The molecule has 0 aromatic carbocycles. The van der Waals surface area contributed by atoms with Gasteiger partial charge in [0.15, 0.2) is 0 Å². The van der Waals surface area contributed by atoms with Crippen molar-refractivity contribution in [2.45, 2.75) is 24.4 Å². The van der Waals surface area contributed by atoms with E-state index in [1.54, 1.807) is 0 Å². The van der Waals surface area contributed by atoms with E-state index in [4.69, 9.17) is 15.3 Å². The van der Waals surface area contributed by atoms with Crippen molar-refractivity contribution in [2.24, 2.45) is 0 Å². The third kappa shape index (κ3) is 2.88. The fourth-order valence-electron chi connectivity index (χ4n) is 1.53. The van der Waals surface area contributed by atoms with Gasteiger partial charge in [0.25, 0.3) is 0 Å². The van der Waals surface area contributed by atoms with Crippen LogP contribution in [0.5, 0.6) is 0 Å². The molecular weight excluding hydrogens is 200 g/mol. The van der Waals surface area contributed by atoms with Crippen LogP contribution in [-0.4, -0.2) is 59.2 Å². The molecule has 0 saturated carbocycles. The van der Waals surface area contributed by atoms with Crippen LogP contribution in [0, 0.1) is 0 Å². The van der Waals surface area contributed by atoms with Gasteiger partial charge < -0.3 is 26.0 Å². The van der Waals surface area contributed by atoms with Crippen LogP contribution in [0.25, 0.3) is 0 Å². The van der Waals surface area contributed by atoms with Crippen LogP contribution in [0.3, 0.4) is 0 Å². The number of hydrogen-bond donors (Lipinski definition) is 5. The van der Waals surface area contributed by atoms with Crippen molar-refractivity contribution in [2.75, 3.05) is 26.4 Å². The summed E-state index contributed by atoms with van der Waals surface area (Å²) in [6, 6.07) is -0.283. The highest BCUT2D eigenvalue weighted by Crippen LogP contribution is 2.08. The van der Waals surface area contributed by atoms with E-state index in [1.807, 2.05) is 0 Å². The highest BCUT2D eigenvalue weighted by molar-refractivity contribution is 5.82. The van der Waals surface area contributed by atoms with Crippen molar-refractivity contribution >= 4 is 5.91 Å². The third-order valence-electron chi connectivity index (χ3n) is 2.67. The lowest BCUT2D eigenvalue weighted by Crippen LogP contribution is -2.60. The minimum absolute atomic E-state index is 0.283. The van der Waals surface area contributed by atoms with Crippen molar-refractivity contribution < 1.29 is 20.1 Å². The summed E-state index contributed by atoms with van der Waals surface area (Å²) >= 11 is 0. The Hall–Kier alpha value is -0.690. The lowest BCUT2D eigenvalue weighted by molar-refractivity contribution is -0.127. The molecule has 0 unspecified atom stereocenters. The maximum absolute atomic E-state index is 11.6. The maximum atomic E-state index is 11.6. The minimum Gasteiger partial charge on any atom is -0.394 e. The van der Waals surface area contributed by atoms with Gasteiger partial charge in [0.1, 0.15) is 5.54 Å². The second kappa shape index (κ2) is 5.41. The molecular formula is C9H18N2O4. The Bertz CT molecular complexity index is 204. The Labute approximate surface area is 88.3 Å². The molecule has 0 aliphatic carbocycles. The van der Waals surface area contributed by atoms with Gasteiger partial charge in [-0.3, -0.25) is 4.79 Å². The summed E-state index contributed by atoms with van der Waals surface area (Å²) in [7, 11) is 0. The van der Waals surface area contributed by atoms with Crippen LogP contribution in [0.15, 0.2) is 0 Å². The molecule has 1 saturated heterocycles. The smallest absolute Gasteiger partial charge is 0.237 e. The zero-order valence-corrected chi connectivity index (χ0v) is 8.57. The Morgan fingerprint density at radius 1 is 1.33 bits per heavy atom. The third-order valence-corrected chi connectivity index (χ3v) is 2.67. The zero-order chi connectivity index (χ0) is 11.3. The Morgan fingerprint density at radius 3 is 2.33 bits per heavy atom. The topological polar surface area (TPSA) is 102 Å². The molecule has 0 bridgehead atoms. The van der Waals surface area contributed by atoms with Crippen LogP contribution in [0.1, 0.15) is 12.8 Å². The Balaban J connectivity index is 2.53. The van der Waals surface area contributed by atoms with E-state index in [0.717, 1.165) is 19.4 Å². The number of aliphatic hydroxyl groups excluding tert-OH is 3. The monoisotopic (exact) mass is 218 g/mol. The van der Waals surface area contributed by atoms with Gasteiger partial charge in [0.05, 0.1) is 25.9 Å². The van der Waals surface area contributed by atoms with Crippen molar-refractivity contribution in [3.05, 3.63) is 0 Å². The molecule has 5 N–H and O–H groups in total. The van der Waals surface area contributed by atoms with Gasteiger partial charge in [-0.15, -0.1) is 0 Å². The van der Waals surface area contributed by atoms with Gasteiger partial charge in [0, 0.05) is 0 Å². The van der Waals surface area contributed by atoms with E-state index in [2.05, 4.69) is 10.6 Å². The van der Waals surface area contributed by atoms with E-state index in [0.29, 0.717) is 0 Å². The summed E-state index contributed by atoms with van der Waals surface area (Å²) in [5.41, 5.74) is -1.32. The zero-order valence-electron chi connectivity index (χ0n) is 8.57. The standard InChI is InChI=1S/C9H18N2O4/c12-4-9(5-13,6-14)11-8(15)7-2-1-3-10-7/h7,10,12-14H,1-6H2,(H,11,15)/t7-/m0/s1. The molecule has 88 valence electrons. The molecule has 1 aliphatic heterocycles. The number of amides is 1.